The molecule has 2 heterocycles. The molecule has 47 heavy (non-hydrogen) atoms. The molecular formula is C41H38N3O3+. The van der Waals surface area contributed by atoms with Crippen LogP contribution in [0.4, 0.5) is 5.69 Å². The summed E-state index contributed by atoms with van der Waals surface area (Å²) in [6, 6.07) is 33.2. The molecule has 0 unspecified atom stereocenters. The SMILES string of the molecule is COc1cccc2c1N(C(=O)CCn1c[n+](CC(=O)c3ccc4ccccc4c3)c3cc(C)c(C)cc31)C[C@@H]1Cc3ccccc3[C@H]21. The number of hydrogen-bond donors (Lipinski definition) is 0. The van der Waals surface area contributed by atoms with Crippen LogP contribution in [0.3, 0.4) is 0 Å². The third kappa shape index (κ3) is 4.99. The molecule has 6 nitrogen and oxygen atoms in total. The predicted molar refractivity (Wildman–Crippen MR) is 185 cm³/mol. The molecule has 5 aromatic carbocycles. The Morgan fingerprint density at radius 3 is 2.47 bits per heavy atom. The van der Waals surface area contributed by atoms with Crippen molar-refractivity contribution in [3.63, 3.8) is 0 Å². The first-order valence-corrected chi connectivity index (χ1v) is 16.5. The van der Waals surface area contributed by atoms with Crippen molar-refractivity contribution in [2.24, 2.45) is 5.92 Å². The average Bonchev–Trinajstić information content (AvgIpc) is 3.63. The average molecular weight is 621 g/mol. The van der Waals surface area contributed by atoms with Gasteiger partial charge in [-0.1, -0.05) is 72.8 Å². The highest BCUT2D eigenvalue weighted by atomic mass is 16.5. The smallest absolute Gasteiger partial charge is 0.245 e. The van der Waals surface area contributed by atoms with E-state index in [9.17, 15) is 9.59 Å². The Hall–Kier alpha value is -5.23. The largest absolute Gasteiger partial charge is 0.495 e. The summed E-state index contributed by atoms with van der Waals surface area (Å²) in [5.41, 5.74) is 9.87. The van der Waals surface area contributed by atoms with E-state index in [4.69, 9.17) is 4.74 Å². The van der Waals surface area contributed by atoms with Crippen molar-refractivity contribution in [3.05, 3.63) is 137 Å². The molecule has 6 aromatic rings. The molecule has 0 saturated heterocycles. The number of aryl methyl sites for hydroxylation is 3. The first-order chi connectivity index (χ1) is 22.9. The number of carbonyl (C=O) groups excluding carboxylic acids is 2. The number of carbonyl (C=O) groups is 2. The summed E-state index contributed by atoms with van der Waals surface area (Å²) >= 11 is 0. The molecule has 234 valence electrons. The molecule has 0 radical (unpaired) electrons. The quantitative estimate of drug-likeness (QED) is 0.139. The Kier molecular flexibility index (Phi) is 7.16. The number of rotatable bonds is 7. The fourth-order valence-electron chi connectivity index (χ4n) is 7.87. The topological polar surface area (TPSA) is 55.4 Å². The molecule has 2 atom stereocenters. The minimum absolute atomic E-state index is 0.0539. The van der Waals surface area contributed by atoms with Gasteiger partial charge in [0.1, 0.15) is 5.75 Å². The van der Waals surface area contributed by atoms with Gasteiger partial charge in [-0.05, 0) is 89.0 Å². The number of anilines is 1. The number of imidazole rings is 1. The Balaban J connectivity index is 1.09. The molecule has 1 aliphatic carbocycles. The molecule has 0 saturated carbocycles. The van der Waals surface area contributed by atoms with E-state index in [2.05, 4.69) is 66.9 Å². The number of amides is 1. The Morgan fingerprint density at radius 1 is 0.851 bits per heavy atom. The molecule has 0 spiro atoms. The van der Waals surface area contributed by atoms with E-state index in [0.717, 1.165) is 39.7 Å². The highest BCUT2D eigenvalue weighted by molar-refractivity contribution is 5.99. The van der Waals surface area contributed by atoms with Gasteiger partial charge < -0.3 is 9.64 Å². The van der Waals surface area contributed by atoms with E-state index < -0.39 is 0 Å². The second kappa shape index (κ2) is 11.5. The van der Waals surface area contributed by atoms with Crippen molar-refractivity contribution in [1.82, 2.24) is 4.57 Å². The molecule has 0 bridgehead atoms. The fraction of sp³-hybridized carbons (Fsp3) is 0.244. The first kappa shape index (κ1) is 29.2. The lowest BCUT2D eigenvalue weighted by atomic mass is 9.81. The number of aromatic nitrogens is 2. The van der Waals surface area contributed by atoms with Crippen molar-refractivity contribution < 1.29 is 18.9 Å². The molecule has 2 aliphatic rings. The van der Waals surface area contributed by atoms with Crippen LogP contribution < -0.4 is 14.2 Å². The van der Waals surface area contributed by atoms with Gasteiger partial charge in [-0.2, -0.15) is 0 Å². The number of nitrogens with zero attached hydrogens (tertiary/aromatic N) is 3. The maximum absolute atomic E-state index is 14.2. The zero-order chi connectivity index (χ0) is 32.2. The van der Waals surface area contributed by atoms with E-state index in [1.807, 2.05) is 64.3 Å². The number of ether oxygens (including phenoxy) is 1. The van der Waals surface area contributed by atoms with Crippen molar-refractivity contribution in [1.29, 1.82) is 0 Å². The molecule has 1 aliphatic heterocycles. The molecule has 1 aromatic heterocycles. The number of benzene rings is 5. The lowest BCUT2D eigenvalue weighted by Gasteiger charge is -2.38. The van der Waals surface area contributed by atoms with Gasteiger partial charge >= 0.3 is 0 Å². The molecule has 1 amide bonds. The van der Waals surface area contributed by atoms with E-state index in [1.165, 1.54) is 27.8 Å². The first-order valence-electron chi connectivity index (χ1n) is 16.5. The van der Waals surface area contributed by atoms with Crippen LogP contribution in [0, 0.1) is 19.8 Å². The summed E-state index contributed by atoms with van der Waals surface area (Å²) in [5, 5.41) is 2.17. The van der Waals surface area contributed by atoms with Gasteiger partial charge in [-0.15, -0.1) is 0 Å². The summed E-state index contributed by atoms with van der Waals surface area (Å²) < 4.78 is 10.0. The highest BCUT2D eigenvalue weighted by Crippen LogP contribution is 2.52. The standard InChI is InChI=1S/C41H38N3O3/c1-26-19-35-36(20-27(26)2)43(24-37(45)31-16-15-28-9-4-5-10-29(28)21-31)25-42(35)18-17-39(46)44-23-32-22-30-11-6-7-12-33(30)40(32)34-13-8-14-38(47-3)41(34)44/h4-16,19-21,25,32,40H,17-18,22-24H2,1-3H3/q+1/t32-,40+/m0/s1. The Morgan fingerprint density at radius 2 is 1.62 bits per heavy atom. The van der Waals surface area contributed by atoms with Crippen LogP contribution in [0.25, 0.3) is 21.8 Å². The molecule has 8 rings (SSSR count). The molecule has 0 N–H and O–H groups in total. The van der Waals surface area contributed by atoms with E-state index in [1.54, 1.807) is 7.11 Å². The molecule has 6 heteroatoms. The van der Waals surface area contributed by atoms with Gasteiger partial charge in [-0.3, -0.25) is 9.59 Å². The van der Waals surface area contributed by atoms with Crippen molar-refractivity contribution >= 4 is 39.2 Å². The summed E-state index contributed by atoms with van der Waals surface area (Å²) in [5.74, 6) is 1.46. The third-order valence-electron chi connectivity index (χ3n) is 10.4. The van der Waals surface area contributed by atoms with Gasteiger partial charge in [0.05, 0.1) is 25.8 Å². The van der Waals surface area contributed by atoms with Crippen LogP contribution in [-0.2, 0) is 24.3 Å². The minimum atomic E-state index is 0.0539. The van der Waals surface area contributed by atoms with Gasteiger partial charge in [0, 0.05) is 18.0 Å². The fourth-order valence-corrected chi connectivity index (χ4v) is 7.87. The van der Waals surface area contributed by atoms with E-state index >= 15 is 0 Å². The summed E-state index contributed by atoms with van der Waals surface area (Å²) in [6.45, 7) is 5.59. The van der Waals surface area contributed by atoms with Crippen molar-refractivity contribution in [2.75, 3.05) is 18.6 Å². The van der Waals surface area contributed by atoms with Gasteiger partial charge in [0.2, 0.25) is 18.0 Å². The Labute approximate surface area is 274 Å². The zero-order valence-electron chi connectivity index (χ0n) is 27.1. The summed E-state index contributed by atoms with van der Waals surface area (Å²) in [7, 11) is 1.68. The maximum Gasteiger partial charge on any atom is 0.245 e. The zero-order valence-corrected chi connectivity index (χ0v) is 27.1. The monoisotopic (exact) mass is 620 g/mol. The number of fused-ring (bicyclic) bond motifs is 7. The molecular weight excluding hydrogens is 582 g/mol. The van der Waals surface area contributed by atoms with Crippen LogP contribution in [0.5, 0.6) is 5.75 Å². The lowest BCUT2D eigenvalue weighted by molar-refractivity contribution is -0.658. The van der Waals surface area contributed by atoms with Crippen LogP contribution in [0.15, 0.2) is 103 Å². The second-order valence-corrected chi connectivity index (χ2v) is 13.1. The van der Waals surface area contributed by atoms with Gasteiger partial charge in [-0.25, -0.2) is 9.13 Å². The normalized spacial score (nSPS) is 16.6. The van der Waals surface area contributed by atoms with Crippen LogP contribution in [0.1, 0.15) is 50.5 Å². The number of hydrogen-bond acceptors (Lipinski definition) is 3. The Bertz CT molecular complexity index is 2210. The lowest BCUT2D eigenvalue weighted by Crippen LogP contribution is -2.41. The van der Waals surface area contributed by atoms with Crippen molar-refractivity contribution in [2.45, 2.75) is 45.7 Å². The number of Topliss-reactive ketones (excluding diaryl/α,β-unsaturated/α-hetero) is 1. The third-order valence-corrected chi connectivity index (χ3v) is 10.4. The summed E-state index contributed by atoms with van der Waals surface area (Å²) in [6.07, 6.45) is 3.30. The summed E-state index contributed by atoms with van der Waals surface area (Å²) in [4.78, 5) is 29.7. The molecule has 0 fully saturated rings. The minimum Gasteiger partial charge on any atom is -0.495 e. The van der Waals surface area contributed by atoms with Crippen LogP contribution >= 0.6 is 0 Å². The predicted octanol–water partition coefficient (Wildman–Crippen LogP) is 7.33. The van der Waals surface area contributed by atoms with Gasteiger partial charge in [0.25, 0.3) is 0 Å². The van der Waals surface area contributed by atoms with E-state index in [-0.39, 0.29) is 24.2 Å². The van der Waals surface area contributed by atoms with Crippen molar-refractivity contribution in [3.8, 4) is 5.75 Å². The highest BCUT2D eigenvalue weighted by Gasteiger charge is 2.42. The number of ketones is 1. The van der Waals surface area contributed by atoms with Crippen LogP contribution in [0.2, 0.25) is 0 Å². The number of methoxy groups -OCH3 is 1. The van der Waals surface area contributed by atoms with Crippen LogP contribution in [-0.4, -0.2) is 29.9 Å². The van der Waals surface area contributed by atoms with E-state index in [0.29, 0.717) is 31.0 Å². The number of para-hydroxylation sites is 1. The maximum atomic E-state index is 14.2. The van der Waals surface area contributed by atoms with Gasteiger partial charge in [0.15, 0.2) is 17.6 Å². The second-order valence-electron chi connectivity index (χ2n) is 13.1.